The number of carbonyl (C=O) groups is 3. The smallest absolute Gasteiger partial charge is 0.271 e. The molecule has 162 valence electrons. The standard InChI is InChI=1S/C24H26N2O5/c1-13-7-9-20-18(11-13)26(23(29)24(4,5)31-20)14(2)21(27)16-8-10-19-17(12-16)25(6)22(28)15(3)30-19/h7-12,14-15H,1-6H3. The third kappa shape index (κ3) is 3.34. The molecule has 2 aliphatic rings. The van der Waals surface area contributed by atoms with Gasteiger partial charge in [0.25, 0.3) is 11.8 Å². The molecular formula is C24H26N2O5. The molecule has 7 heteroatoms. The Morgan fingerprint density at radius 1 is 1.06 bits per heavy atom. The molecule has 2 amide bonds. The first kappa shape index (κ1) is 20.9. The number of amides is 2. The van der Waals surface area contributed by atoms with Gasteiger partial charge in [-0.2, -0.15) is 0 Å². The summed E-state index contributed by atoms with van der Waals surface area (Å²) in [4.78, 5) is 42.0. The van der Waals surface area contributed by atoms with Crippen LogP contribution in [0.1, 0.15) is 43.6 Å². The Hall–Kier alpha value is -3.35. The average Bonchev–Trinajstić information content (AvgIpc) is 2.72. The minimum Gasteiger partial charge on any atom is -0.479 e. The number of ether oxygens (including phenoxy) is 2. The highest BCUT2D eigenvalue weighted by Crippen LogP contribution is 2.40. The van der Waals surface area contributed by atoms with Gasteiger partial charge in [-0.1, -0.05) is 6.07 Å². The second kappa shape index (κ2) is 7.11. The zero-order chi connectivity index (χ0) is 22.7. The number of aryl methyl sites for hydroxylation is 1. The first-order chi connectivity index (χ1) is 14.5. The van der Waals surface area contributed by atoms with Gasteiger partial charge in [0, 0.05) is 12.6 Å². The maximum Gasteiger partial charge on any atom is 0.271 e. The number of likely N-dealkylation sites (N-methyl/N-ethyl adjacent to an activating group) is 1. The van der Waals surface area contributed by atoms with Crippen LogP contribution in [-0.4, -0.2) is 42.4 Å². The Bertz CT molecular complexity index is 1110. The highest BCUT2D eigenvalue weighted by molar-refractivity contribution is 6.12. The fourth-order valence-electron chi connectivity index (χ4n) is 4.03. The fraction of sp³-hybridized carbons (Fsp3) is 0.375. The third-order valence-electron chi connectivity index (χ3n) is 5.83. The summed E-state index contributed by atoms with van der Waals surface area (Å²) in [6.07, 6.45) is -0.578. The number of hydrogen-bond acceptors (Lipinski definition) is 5. The highest BCUT2D eigenvalue weighted by Gasteiger charge is 2.44. The van der Waals surface area contributed by atoms with Crippen molar-refractivity contribution in [3.05, 3.63) is 47.5 Å². The zero-order valence-corrected chi connectivity index (χ0v) is 18.6. The largest absolute Gasteiger partial charge is 0.479 e. The van der Waals surface area contributed by atoms with Crippen LogP contribution >= 0.6 is 0 Å². The number of nitrogens with zero attached hydrogens (tertiary/aromatic N) is 2. The summed E-state index contributed by atoms with van der Waals surface area (Å²) >= 11 is 0. The predicted molar refractivity (Wildman–Crippen MR) is 117 cm³/mol. The predicted octanol–water partition coefficient (Wildman–Crippen LogP) is 3.51. The lowest BCUT2D eigenvalue weighted by atomic mass is 9.97. The molecule has 0 aliphatic carbocycles. The van der Waals surface area contributed by atoms with Crippen LogP contribution in [0.25, 0.3) is 0 Å². The molecule has 2 aromatic carbocycles. The van der Waals surface area contributed by atoms with Crippen LogP contribution in [0.3, 0.4) is 0 Å². The van der Waals surface area contributed by atoms with E-state index in [4.69, 9.17) is 9.47 Å². The van der Waals surface area contributed by atoms with E-state index < -0.39 is 17.7 Å². The molecule has 0 saturated carbocycles. The van der Waals surface area contributed by atoms with E-state index in [1.54, 1.807) is 52.9 Å². The van der Waals surface area contributed by atoms with Gasteiger partial charge in [0.1, 0.15) is 11.5 Å². The minimum absolute atomic E-state index is 0.181. The van der Waals surface area contributed by atoms with Gasteiger partial charge in [0.15, 0.2) is 17.5 Å². The van der Waals surface area contributed by atoms with Crippen LogP contribution in [0.5, 0.6) is 11.5 Å². The quantitative estimate of drug-likeness (QED) is 0.708. The van der Waals surface area contributed by atoms with Gasteiger partial charge in [-0.15, -0.1) is 0 Å². The number of benzene rings is 2. The summed E-state index contributed by atoms with van der Waals surface area (Å²) in [6, 6.07) is 9.82. The highest BCUT2D eigenvalue weighted by atomic mass is 16.5. The van der Waals surface area contributed by atoms with Crippen LogP contribution < -0.4 is 19.3 Å². The van der Waals surface area contributed by atoms with Gasteiger partial charge in [-0.05, 0) is 70.5 Å². The number of carbonyl (C=O) groups excluding carboxylic acids is 3. The molecule has 0 spiro atoms. The van der Waals surface area contributed by atoms with Gasteiger partial charge < -0.3 is 14.4 Å². The summed E-state index contributed by atoms with van der Waals surface area (Å²) in [6.45, 7) is 8.71. The summed E-state index contributed by atoms with van der Waals surface area (Å²) in [5.41, 5.74) is 1.37. The molecule has 0 radical (unpaired) electrons. The lowest BCUT2D eigenvalue weighted by Crippen LogP contribution is -2.57. The summed E-state index contributed by atoms with van der Waals surface area (Å²) in [5, 5.41) is 0. The third-order valence-corrected chi connectivity index (χ3v) is 5.83. The van der Waals surface area contributed by atoms with E-state index in [1.807, 2.05) is 25.1 Å². The molecule has 0 saturated heterocycles. The topological polar surface area (TPSA) is 76.2 Å². The molecule has 0 bridgehead atoms. The van der Waals surface area contributed by atoms with E-state index in [2.05, 4.69) is 0 Å². The zero-order valence-electron chi connectivity index (χ0n) is 18.6. The summed E-state index contributed by atoms with van der Waals surface area (Å²) in [5.74, 6) is 0.408. The lowest BCUT2D eigenvalue weighted by molar-refractivity contribution is -0.133. The van der Waals surface area contributed by atoms with E-state index in [9.17, 15) is 14.4 Å². The van der Waals surface area contributed by atoms with Crippen LogP contribution in [0.4, 0.5) is 11.4 Å². The molecule has 2 aliphatic heterocycles. The van der Waals surface area contributed by atoms with Crippen molar-refractivity contribution in [1.82, 2.24) is 0 Å². The van der Waals surface area contributed by atoms with Crippen molar-refractivity contribution in [1.29, 1.82) is 0 Å². The van der Waals surface area contributed by atoms with Crippen LogP contribution in [0.2, 0.25) is 0 Å². The molecule has 2 unspecified atom stereocenters. The molecule has 31 heavy (non-hydrogen) atoms. The normalized spacial score (nSPS) is 20.4. The van der Waals surface area contributed by atoms with Crippen molar-refractivity contribution in [2.45, 2.75) is 52.4 Å². The van der Waals surface area contributed by atoms with E-state index in [1.165, 1.54) is 9.80 Å². The maximum absolute atomic E-state index is 13.5. The fourth-order valence-corrected chi connectivity index (χ4v) is 4.03. The van der Waals surface area contributed by atoms with Crippen LogP contribution in [-0.2, 0) is 9.59 Å². The Morgan fingerprint density at radius 2 is 1.74 bits per heavy atom. The number of Topliss-reactive ketones (excluding diaryl/α,β-unsaturated/α-hetero) is 1. The van der Waals surface area contributed by atoms with Crippen molar-refractivity contribution in [2.24, 2.45) is 0 Å². The van der Waals surface area contributed by atoms with E-state index in [-0.39, 0.29) is 17.6 Å². The first-order valence-electron chi connectivity index (χ1n) is 10.3. The molecule has 0 aromatic heterocycles. The van der Waals surface area contributed by atoms with Crippen LogP contribution in [0.15, 0.2) is 36.4 Å². The van der Waals surface area contributed by atoms with E-state index >= 15 is 0 Å². The van der Waals surface area contributed by atoms with Crippen LogP contribution in [0, 0.1) is 6.92 Å². The first-order valence-corrected chi connectivity index (χ1v) is 10.3. The van der Waals surface area contributed by atoms with Crippen molar-refractivity contribution >= 4 is 29.0 Å². The number of hydrogen-bond donors (Lipinski definition) is 0. The second-order valence-electron chi connectivity index (χ2n) is 8.64. The van der Waals surface area contributed by atoms with E-state index in [0.29, 0.717) is 28.4 Å². The molecule has 0 fully saturated rings. The van der Waals surface area contributed by atoms with Crippen molar-refractivity contribution in [2.75, 3.05) is 16.8 Å². The number of rotatable bonds is 3. The van der Waals surface area contributed by atoms with Crippen molar-refractivity contribution < 1.29 is 23.9 Å². The lowest BCUT2D eigenvalue weighted by Gasteiger charge is -2.41. The Labute approximate surface area is 181 Å². The van der Waals surface area contributed by atoms with Gasteiger partial charge in [-0.3, -0.25) is 19.3 Å². The molecule has 2 atom stereocenters. The summed E-state index contributed by atoms with van der Waals surface area (Å²) in [7, 11) is 1.66. The Kier molecular flexibility index (Phi) is 4.80. The SMILES string of the molecule is Cc1ccc2c(c1)N(C(C)C(=O)c1ccc3c(c1)N(C)C(=O)C(C)O3)C(=O)C(C)(C)O2. The van der Waals surface area contributed by atoms with Gasteiger partial charge in [0.2, 0.25) is 0 Å². The van der Waals surface area contributed by atoms with E-state index in [0.717, 1.165) is 5.56 Å². The van der Waals surface area contributed by atoms with Gasteiger partial charge in [-0.25, -0.2) is 0 Å². The minimum atomic E-state index is -1.09. The maximum atomic E-state index is 13.5. The van der Waals surface area contributed by atoms with Crippen molar-refractivity contribution in [3.8, 4) is 11.5 Å². The molecular weight excluding hydrogens is 396 g/mol. The molecule has 0 N–H and O–H groups in total. The number of ketones is 1. The second-order valence-corrected chi connectivity index (χ2v) is 8.64. The van der Waals surface area contributed by atoms with Crippen molar-refractivity contribution in [3.63, 3.8) is 0 Å². The number of fused-ring (bicyclic) bond motifs is 2. The summed E-state index contributed by atoms with van der Waals surface area (Å²) < 4.78 is 11.5. The average molecular weight is 422 g/mol. The Balaban J connectivity index is 1.73. The molecule has 2 heterocycles. The molecule has 7 nitrogen and oxygen atoms in total. The van der Waals surface area contributed by atoms with Gasteiger partial charge >= 0.3 is 0 Å². The Morgan fingerprint density at radius 3 is 2.45 bits per heavy atom. The molecule has 2 aromatic rings. The number of anilines is 2. The molecule has 4 rings (SSSR count). The monoisotopic (exact) mass is 422 g/mol. The van der Waals surface area contributed by atoms with Gasteiger partial charge in [0.05, 0.1) is 17.4 Å².